The molecule has 3 amide bonds. The number of carbonyl (C=O) groups excluding carboxylic acids is 2. The van der Waals surface area contributed by atoms with Gasteiger partial charge in [0, 0.05) is 32.4 Å². The van der Waals surface area contributed by atoms with E-state index < -0.39 is 0 Å². The predicted molar refractivity (Wildman–Crippen MR) is 100 cm³/mol. The average Bonchev–Trinajstić information content (AvgIpc) is 3.31. The second-order valence-corrected chi connectivity index (χ2v) is 7.51. The molecule has 2 aliphatic rings. The Morgan fingerprint density at radius 2 is 2.19 bits per heavy atom. The van der Waals surface area contributed by atoms with Crippen LogP contribution >= 0.6 is 0 Å². The van der Waals surface area contributed by atoms with Crippen LogP contribution in [0.25, 0.3) is 0 Å². The number of nitrogens with zero attached hydrogens (tertiary/aromatic N) is 5. The minimum atomic E-state index is -0.390. The fourth-order valence-electron chi connectivity index (χ4n) is 4.14. The van der Waals surface area contributed by atoms with Crippen molar-refractivity contribution in [2.75, 3.05) is 32.0 Å². The van der Waals surface area contributed by atoms with Crippen LogP contribution < -0.4 is 5.32 Å². The summed E-state index contributed by atoms with van der Waals surface area (Å²) in [6.45, 7) is 2.52. The summed E-state index contributed by atoms with van der Waals surface area (Å²) in [7, 11) is 1.85. The van der Waals surface area contributed by atoms with Gasteiger partial charge in [0.15, 0.2) is 0 Å². The molecule has 2 aromatic rings. The summed E-state index contributed by atoms with van der Waals surface area (Å²) >= 11 is 0. The van der Waals surface area contributed by atoms with E-state index in [0.717, 1.165) is 37.1 Å². The smallest absolute Gasteiger partial charge is 0.321 e. The van der Waals surface area contributed by atoms with Gasteiger partial charge >= 0.3 is 6.03 Å². The number of amides is 3. The Hall–Kier alpha value is -2.90. The third-order valence-corrected chi connectivity index (χ3v) is 5.58. The zero-order chi connectivity index (χ0) is 18.9. The normalized spacial score (nSPS) is 22.5. The molecule has 0 unspecified atom stereocenters. The minimum Gasteiger partial charge on any atom is -0.345 e. The summed E-state index contributed by atoms with van der Waals surface area (Å²) in [5, 5.41) is 7.07. The molecule has 1 aromatic carbocycles. The highest BCUT2D eigenvalue weighted by Crippen LogP contribution is 2.39. The Kier molecular flexibility index (Phi) is 4.55. The van der Waals surface area contributed by atoms with Gasteiger partial charge in [0.25, 0.3) is 0 Å². The maximum Gasteiger partial charge on any atom is 0.321 e. The molecule has 8 nitrogen and oxygen atoms in total. The summed E-state index contributed by atoms with van der Waals surface area (Å²) in [5.41, 5.74) is 1.38. The van der Waals surface area contributed by atoms with Crippen molar-refractivity contribution in [3.05, 3.63) is 42.5 Å². The number of hydrogen-bond donors (Lipinski definition) is 1. The van der Waals surface area contributed by atoms with Gasteiger partial charge in [-0.25, -0.2) is 14.5 Å². The molecule has 1 aromatic heterocycles. The van der Waals surface area contributed by atoms with E-state index in [2.05, 4.69) is 15.4 Å². The van der Waals surface area contributed by atoms with E-state index in [1.54, 1.807) is 20.8 Å². The second-order valence-electron chi connectivity index (χ2n) is 7.51. The van der Waals surface area contributed by atoms with Crippen molar-refractivity contribution < 1.29 is 9.59 Å². The number of anilines is 1. The first kappa shape index (κ1) is 17.5. The second kappa shape index (κ2) is 7.02. The van der Waals surface area contributed by atoms with Crippen molar-refractivity contribution >= 4 is 17.6 Å². The summed E-state index contributed by atoms with van der Waals surface area (Å²) in [5.74, 6) is 0.180. The third kappa shape index (κ3) is 3.51. The fraction of sp³-hybridized carbons (Fsp3) is 0.474. The quantitative estimate of drug-likeness (QED) is 0.895. The van der Waals surface area contributed by atoms with Crippen LogP contribution in [0.15, 0.2) is 36.9 Å². The molecule has 0 saturated carbocycles. The molecule has 3 heterocycles. The number of aromatic nitrogens is 3. The Bertz CT molecular complexity index is 836. The van der Waals surface area contributed by atoms with Gasteiger partial charge in [-0.1, -0.05) is 12.1 Å². The Morgan fingerprint density at radius 1 is 1.30 bits per heavy atom. The molecular weight excluding hydrogens is 344 g/mol. The van der Waals surface area contributed by atoms with Gasteiger partial charge in [0.2, 0.25) is 5.91 Å². The van der Waals surface area contributed by atoms with Crippen LogP contribution in [0, 0.1) is 5.41 Å². The molecule has 8 heteroatoms. The highest BCUT2D eigenvalue weighted by molar-refractivity contribution is 5.91. The summed E-state index contributed by atoms with van der Waals surface area (Å²) in [6.07, 6.45) is 5.78. The van der Waals surface area contributed by atoms with E-state index >= 15 is 0 Å². The van der Waals surface area contributed by atoms with Crippen LogP contribution in [0.5, 0.6) is 0 Å². The molecule has 142 valence electrons. The Balaban J connectivity index is 1.40. The number of piperidine rings is 1. The highest BCUT2D eigenvalue weighted by atomic mass is 16.2. The highest BCUT2D eigenvalue weighted by Gasteiger charge is 2.48. The standard InChI is InChI=1S/C19H24N6O2/c1-23-8-3-6-19(17(23)26)7-9-24(12-19)18(27)22-16-5-2-4-15(10-16)11-25-14-20-13-21-25/h2,4-5,10,13-14H,3,6-9,11-12H2,1H3,(H,22,27)/t19-/m0/s1. The van der Waals surface area contributed by atoms with Crippen molar-refractivity contribution in [1.82, 2.24) is 24.6 Å². The van der Waals surface area contributed by atoms with Crippen molar-refractivity contribution in [3.8, 4) is 0 Å². The number of benzene rings is 1. The largest absolute Gasteiger partial charge is 0.345 e. The van der Waals surface area contributed by atoms with Crippen molar-refractivity contribution in [2.45, 2.75) is 25.8 Å². The molecule has 4 rings (SSSR count). The number of nitrogens with one attached hydrogen (secondary N) is 1. The third-order valence-electron chi connectivity index (χ3n) is 5.58. The first-order valence-corrected chi connectivity index (χ1v) is 9.29. The lowest BCUT2D eigenvalue weighted by Crippen LogP contribution is -2.49. The maximum atomic E-state index is 12.7. The molecule has 1 atom stereocenters. The van der Waals surface area contributed by atoms with Crippen LogP contribution in [0.4, 0.5) is 10.5 Å². The average molecular weight is 368 g/mol. The van der Waals surface area contributed by atoms with E-state index in [4.69, 9.17) is 0 Å². The molecule has 2 aliphatic heterocycles. The molecule has 1 spiro atoms. The molecule has 1 N–H and O–H groups in total. The Morgan fingerprint density at radius 3 is 3.00 bits per heavy atom. The molecular formula is C19H24N6O2. The number of hydrogen-bond acceptors (Lipinski definition) is 4. The van der Waals surface area contributed by atoms with E-state index in [1.807, 2.05) is 31.3 Å². The molecule has 2 saturated heterocycles. The molecule has 0 bridgehead atoms. The lowest BCUT2D eigenvalue weighted by molar-refractivity contribution is -0.143. The lowest BCUT2D eigenvalue weighted by atomic mass is 9.78. The van der Waals surface area contributed by atoms with Crippen molar-refractivity contribution in [3.63, 3.8) is 0 Å². The van der Waals surface area contributed by atoms with Crippen molar-refractivity contribution in [1.29, 1.82) is 0 Å². The molecule has 2 fully saturated rings. The number of likely N-dealkylation sites (tertiary alicyclic amines) is 2. The van der Waals surface area contributed by atoms with Crippen LogP contribution in [-0.2, 0) is 11.3 Å². The van der Waals surface area contributed by atoms with E-state index in [9.17, 15) is 9.59 Å². The minimum absolute atomic E-state index is 0.147. The van der Waals surface area contributed by atoms with Gasteiger partial charge in [-0.3, -0.25) is 4.79 Å². The van der Waals surface area contributed by atoms with Crippen LogP contribution in [0.3, 0.4) is 0 Å². The summed E-state index contributed by atoms with van der Waals surface area (Å²) in [6, 6.07) is 7.55. The monoisotopic (exact) mass is 368 g/mol. The van der Waals surface area contributed by atoms with Crippen molar-refractivity contribution in [2.24, 2.45) is 5.41 Å². The lowest BCUT2D eigenvalue weighted by Gasteiger charge is -2.37. The van der Waals surface area contributed by atoms with Gasteiger partial charge in [-0.2, -0.15) is 5.10 Å². The number of urea groups is 1. The SMILES string of the molecule is CN1CCC[C@@]2(CCN(C(=O)Nc3cccc(Cn4cncn4)c3)C2)C1=O. The Labute approximate surface area is 158 Å². The fourth-order valence-corrected chi connectivity index (χ4v) is 4.14. The molecule has 0 radical (unpaired) electrons. The van der Waals surface area contributed by atoms with Gasteiger partial charge in [0.1, 0.15) is 12.7 Å². The molecule has 27 heavy (non-hydrogen) atoms. The topological polar surface area (TPSA) is 83.4 Å². The van der Waals surface area contributed by atoms with Crippen LogP contribution in [0.2, 0.25) is 0 Å². The molecule has 0 aliphatic carbocycles. The zero-order valence-electron chi connectivity index (χ0n) is 15.5. The van der Waals surface area contributed by atoms with Gasteiger partial charge < -0.3 is 15.1 Å². The van der Waals surface area contributed by atoms with Gasteiger partial charge in [0.05, 0.1) is 12.0 Å². The first-order valence-electron chi connectivity index (χ1n) is 9.29. The van der Waals surface area contributed by atoms with Gasteiger partial charge in [-0.15, -0.1) is 0 Å². The summed E-state index contributed by atoms with van der Waals surface area (Å²) in [4.78, 5) is 32.9. The van der Waals surface area contributed by atoms with E-state index in [0.29, 0.717) is 19.6 Å². The summed E-state index contributed by atoms with van der Waals surface area (Å²) < 4.78 is 1.73. The number of carbonyl (C=O) groups is 2. The predicted octanol–water partition coefficient (Wildman–Crippen LogP) is 1.80. The van der Waals surface area contributed by atoms with E-state index in [-0.39, 0.29) is 17.4 Å². The number of rotatable bonds is 3. The van der Waals surface area contributed by atoms with E-state index in [1.165, 1.54) is 6.33 Å². The first-order chi connectivity index (χ1) is 13.1. The zero-order valence-corrected chi connectivity index (χ0v) is 15.5. The van der Waals surface area contributed by atoms with Gasteiger partial charge in [-0.05, 0) is 37.0 Å². The maximum absolute atomic E-state index is 12.7. The van der Waals surface area contributed by atoms with Crippen LogP contribution in [0.1, 0.15) is 24.8 Å². The van der Waals surface area contributed by atoms with Crippen LogP contribution in [-0.4, -0.2) is 63.2 Å².